The average molecular weight is 651 g/mol. The van der Waals surface area contributed by atoms with Crippen LogP contribution in [0.15, 0.2) is 41.0 Å². The van der Waals surface area contributed by atoms with E-state index in [-0.39, 0.29) is 31.8 Å². The van der Waals surface area contributed by atoms with Crippen LogP contribution in [0, 0.1) is 12.7 Å². The fourth-order valence-electron chi connectivity index (χ4n) is 4.96. The Morgan fingerprint density at radius 1 is 1.20 bits per heavy atom. The first-order valence-corrected chi connectivity index (χ1v) is 14.4. The molecule has 1 fully saturated rings. The minimum Gasteiger partial charge on any atom is -0.496 e. The smallest absolute Gasteiger partial charge is 0.410 e. The van der Waals surface area contributed by atoms with Crippen LogP contribution in [0.2, 0.25) is 5.02 Å². The first-order chi connectivity index (χ1) is 19.2. The SMILES string of the molecule is COc1ccc(Cl)cc1-c1cn(C2(C(=O)N[C@H](C)c3cc(F)c(Br)cc3C)CCN(C(=O)OC(C)(C)C)CC2)nn1. The largest absolute Gasteiger partial charge is 0.496 e. The summed E-state index contributed by atoms with van der Waals surface area (Å²) in [4.78, 5) is 28.5. The van der Waals surface area contributed by atoms with Gasteiger partial charge in [0.15, 0.2) is 0 Å². The van der Waals surface area contributed by atoms with Crippen LogP contribution < -0.4 is 10.1 Å². The van der Waals surface area contributed by atoms with E-state index in [0.717, 1.165) is 5.56 Å². The van der Waals surface area contributed by atoms with E-state index < -0.39 is 29.1 Å². The Bertz CT molecular complexity index is 1450. The molecule has 12 heteroatoms. The summed E-state index contributed by atoms with van der Waals surface area (Å²) in [6, 6.07) is 7.77. The zero-order valence-electron chi connectivity index (χ0n) is 23.9. The number of piperidine rings is 1. The van der Waals surface area contributed by atoms with Crippen molar-refractivity contribution in [3.05, 3.63) is 63.0 Å². The zero-order valence-corrected chi connectivity index (χ0v) is 26.3. The predicted octanol–water partition coefficient (Wildman–Crippen LogP) is 6.42. The Labute approximate surface area is 252 Å². The van der Waals surface area contributed by atoms with E-state index in [1.807, 2.05) is 27.7 Å². The lowest BCUT2D eigenvalue weighted by Gasteiger charge is -2.41. The van der Waals surface area contributed by atoms with Gasteiger partial charge in [0, 0.05) is 23.7 Å². The predicted molar refractivity (Wildman–Crippen MR) is 157 cm³/mol. The second-order valence-electron chi connectivity index (χ2n) is 11.2. The topological polar surface area (TPSA) is 98.6 Å². The fourth-order valence-corrected chi connectivity index (χ4v) is 5.59. The highest BCUT2D eigenvalue weighted by Crippen LogP contribution is 2.36. The third-order valence-electron chi connectivity index (χ3n) is 7.16. The maximum atomic E-state index is 14.4. The van der Waals surface area contributed by atoms with E-state index in [2.05, 4.69) is 31.6 Å². The molecule has 0 radical (unpaired) electrons. The Balaban J connectivity index is 1.68. The van der Waals surface area contributed by atoms with Crippen molar-refractivity contribution in [1.82, 2.24) is 25.2 Å². The number of aromatic nitrogens is 3. The molecule has 1 atom stereocenters. The summed E-state index contributed by atoms with van der Waals surface area (Å²) in [6.45, 7) is 9.61. The van der Waals surface area contributed by atoms with Crippen molar-refractivity contribution in [1.29, 1.82) is 0 Å². The second-order valence-corrected chi connectivity index (χ2v) is 12.5. The van der Waals surface area contributed by atoms with E-state index in [1.165, 1.54) is 6.07 Å². The summed E-state index contributed by atoms with van der Waals surface area (Å²) in [5.74, 6) is -0.171. The molecule has 4 rings (SSSR count). The number of carbonyl (C=O) groups is 2. The van der Waals surface area contributed by atoms with Crippen molar-refractivity contribution < 1.29 is 23.5 Å². The normalized spacial score (nSPS) is 15.8. The highest BCUT2D eigenvalue weighted by Gasteiger charge is 2.46. The number of aryl methyl sites for hydroxylation is 1. The minimum absolute atomic E-state index is 0.258. The third kappa shape index (κ3) is 6.67. The number of halogens is 3. The van der Waals surface area contributed by atoms with Gasteiger partial charge in [0.05, 0.1) is 23.8 Å². The van der Waals surface area contributed by atoms with Gasteiger partial charge >= 0.3 is 6.09 Å². The van der Waals surface area contributed by atoms with E-state index >= 15 is 0 Å². The van der Waals surface area contributed by atoms with Crippen LogP contribution in [0.4, 0.5) is 9.18 Å². The lowest BCUT2D eigenvalue weighted by Crippen LogP contribution is -2.57. The molecular formula is C29H34BrClFN5O4. The van der Waals surface area contributed by atoms with E-state index in [4.69, 9.17) is 21.1 Å². The lowest BCUT2D eigenvalue weighted by atomic mass is 9.86. The molecule has 1 saturated heterocycles. The Kier molecular flexibility index (Phi) is 8.98. The van der Waals surface area contributed by atoms with Gasteiger partial charge in [-0.25, -0.2) is 13.9 Å². The molecule has 0 spiro atoms. The number of hydrogen-bond acceptors (Lipinski definition) is 6. The number of carbonyl (C=O) groups excluding carboxylic acids is 2. The molecule has 2 amide bonds. The molecule has 2 aromatic carbocycles. The Hall–Kier alpha value is -3.18. The van der Waals surface area contributed by atoms with Gasteiger partial charge in [0.2, 0.25) is 5.91 Å². The summed E-state index contributed by atoms with van der Waals surface area (Å²) in [6.07, 6.45) is 1.76. The number of likely N-dealkylation sites (tertiary alicyclic amines) is 1. The molecule has 0 bridgehead atoms. The summed E-state index contributed by atoms with van der Waals surface area (Å²) in [5.41, 5.74) is 0.769. The third-order valence-corrected chi connectivity index (χ3v) is 8.00. The monoisotopic (exact) mass is 649 g/mol. The van der Waals surface area contributed by atoms with Crippen LogP contribution in [0.1, 0.15) is 57.7 Å². The summed E-state index contributed by atoms with van der Waals surface area (Å²) < 4.78 is 27.3. The zero-order chi connectivity index (χ0) is 30.1. The maximum Gasteiger partial charge on any atom is 0.410 e. The lowest BCUT2D eigenvalue weighted by molar-refractivity contribution is -0.134. The molecule has 0 saturated carbocycles. The van der Waals surface area contributed by atoms with Crippen LogP contribution in [-0.4, -0.2) is 57.7 Å². The molecule has 9 nitrogen and oxygen atoms in total. The molecule has 220 valence electrons. The minimum atomic E-state index is -1.17. The van der Waals surface area contributed by atoms with Gasteiger partial charge in [-0.2, -0.15) is 0 Å². The average Bonchev–Trinajstić information content (AvgIpc) is 3.40. The number of rotatable bonds is 6. The quantitative estimate of drug-likeness (QED) is 0.331. The van der Waals surface area contributed by atoms with Crippen molar-refractivity contribution in [2.75, 3.05) is 20.2 Å². The van der Waals surface area contributed by atoms with Crippen molar-refractivity contribution >= 4 is 39.5 Å². The molecule has 3 aromatic rings. The number of nitrogens with one attached hydrogen (secondary N) is 1. The Morgan fingerprint density at radius 3 is 2.51 bits per heavy atom. The summed E-state index contributed by atoms with van der Waals surface area (Å²) in [7, 11) is 1.55. The number of amides is 2. The van der Waals surface area contributed by atoms with Gasteiger partial charge in [0.1, 0.15) is 28.4 Å². The van der Waals surface area contributed by atoms with Crippen LogP contribution in [0.5, 0.6) is 5.75 Å². The molecule has 1 N–H and O–H groups in total. The molecule has 0 unspecified atom stereocenters. The second kappa shape index (κ2) is 12.0. The van der Waals surface area contributed by atoms with Crippen molar-refractivity contribution in [3.63, 3.8) is 0 Å². The molecule has 0 aliphatic carbocycles. The molecule has 41 heavy (non-hydrogen) atoms. The van der Waals surface area contributed by atoms with Crippen molar-refractivity contribution in [2.24, 2.45) is 0 Å². The standard InChI is InChI=1S/C29H34BrClFN5O4/c1-17-13-22(30)23(32)15-20(17)18(2)33-26(38)29(9-11-36(12-10-29)27(39)41-28(3,4)5)37-16-24(34-35-37)21-14-19(31)7-8-25(21)40-6/h7-8,13-16,18H,9-12H2,1-6H3,(H,33,38)/t18-/m1/s1. The van der Waals surface area contributed by atoms with Gasteiger partial charge in [-0.05, 0) is 105 Å². The van der Waals surface area contributed by atoms with E-state index in [0.29, 0.717) is 32.1 Å². The summed E-state index contributed by atoms with van der Waals surface area (Å²) in [5, 5.41) is 12.3. The molecule has 1 aliphatic rings. The van der Waals surface area contributed by atoms with Crippen LogP contribution in [-0.2, 0) is 15.1 Å². The maximum absolute atomic E-state index is 14.4. The van der Waals surface area contributed by atoms with Gasteiger partial charge in [-0.15, -0.1) is 5.10 Å². The molecular weight excluding hydrogens is 617 g/mol. The first-order valence-electron chi connectivity index (χ1n) is 13.3. The van der Waals surface area contributed by atoms with E-state index in [1.54, 1.807) is 54.1 Å². The van der Waals surface area contributed by atoms with Crippen LogP contribution in [0.25, 0.3) is 11.3 Å². The van der Waals surface area contributed by atoms with Gasteiger partial charge in [0.25, 0.3) is 0 Å². The molecule has 2 heterocycles. The number of benzene rings is 2. The highest BCUT2D eigenvalue weighted by molar-refractivity contribution is 9.10. The summed E-state index contributed by atoms with van der Waals surface area (Å²) >= 11 is 9.46. The number of methoxy groups -OCH3 is 1. The van der Waals surface area contributed by atoms with Crippen LogP contribution >= 0.6 is 27.5 Å². The number of ether oxygens (including phenoxy) is 2. The van der Waals surface area contributed by atoms with Gasteiger partial charge in [-0.3, -0.25) is 4.79 Å². The first kappa shape index (κ1) is 30.8. The Morgan fingerprint density at radius 2 is 1.88 bits per heavy atom. The van der Waals surface area contributed by atoms with Gasteiger partial charge < -0.3 is 19.7 Å². The number of nitrogens with zero attached hydrogens (tertiary/aromatic N) is 4. The fraction of sp³-hybridized carbons (Fsp3) is 0.448. The van der Waals surface area contributed by atoms with Crippen molar-refractivity contribution in [2.45, 2.75) is 64.6 Å². The molecule has 1 aromatic heterocycles. The molecule has 1 aliphatic heterocycles. The van der Waals surface area contributed by atoms with Crippen LogP contribution in [0.3, 0.4) is 0 Å². The highest BCUT2D eigenvalue weighted by atomic mass is 79.9. The van der Waals surface area contributed by atoms with E-state index in [9.17, 15) is 14.0 Å². The van der Waals surface area contributed by atoms with Gasteiger partial charge in [-0.1, -0.05) is 16.8 Å². The number of hydrogen-bond donors (Lipinski definition) is 1. The van der Waals surface area contributed by atoms with Crippen molar-refractivity contribution in [3.8, 4) is 17.0 Å².